The maximum absolute atomic E-state index is 11.2. The maximum atomic E-state index is 11.2. The van der Waals surface area contributed by atoms with E-state index in [4.69, 9.17) is 5.73 Å². The fraction of sp³-hybridized carbons (Fsp3) is 0.429. The van der Waals surface area contributed by atoms with Crippen molar-refractivity contribution in [1.29, 1.82) is 0 Å². The first kappa shape index (κ1) is 7.78. The molecule has 60 valence electrons. The van der Waals surface area contributed by atoms with Crippen molar-refractivity contribution >= 4 is 5.69 Å². The summed E-state index contributed by atoms with van der Waals surface area (Å²) in [5.74, 6) is 0. The highest BCUT2D eigenvalue weighted by Gasteiger charge is 2.02. The number of nitrogens with two attached hydrogens (primary N) is 1. The third kappa shape index (κ3) is 1.39. The van der Waals surface area contributed by atoms with Crippen molar-refractivity contribution in [2.45, 2.75) is 19.9 Å². The molecule has 1 heterocycles. The fourth-order valence-electron chi connectivity index (χ4n) is 0.809. The average Bonchev–Trinajstić information content (AvgIpc) is 1.94. The molecule has 1 rings (SSSR count). The highest BCUT2D eigenvalue weighted by Crippen LogP contribution is 1.97. The van der Waals surface area contributed by atoms with E-state index in [9.17, 15) is 4.79 Å². The predicted octanol–water partition coefficient (Wildman–Crippen LogP) is 0.406. The van der Waals surface area contributed by atoms with Crippen LogP contribution in [0.15, 0.2) is 17.1 Å². The quantitative estimate of drug-likeness (QED) is 0.635. The molecule has 0 saturated heterocycles. The van der Waals surface area contributed by atoms with Crippen LogP contribution < -0.4 is 11.3 Å². The van der Waals surface area contributed by atoms with Crippen LogP contribution in [0.25, 0.3) is 0 Å². The first-order valence-corrected chi connectivity index (χ1v) is 3.46. The largest absolute Gasteiger partial charge is 0.394 e. The van der Waals surface area contributed by atoms with Gasteiger partial charge in [0.2, 0.25) is 0 Å². The van der Waals surface area contributed by atoms with Crippen molar-refractivity contribution in [2.75, 3.05) is 5.73 Å². The molecule has 4 nitrogen and oxygen atoms in total. The molecule has 0 spiro atoms. The summed E-state index contributed by atoms with van der Waals surface area (Å²) in [5.41, 5.74) is 5.41. The van der Waals surface area contributed by atoms with Gasteiger partial charge in [-0.2, -0.15) is 5.10 Å². The second-order valence-electron chi connectivity index (χ2n) is 2.63. The van der Waals surface area contributed by atoms with Crippen molar-refractivity contribution in [1.82, 2.24) is 9.78 Å². The Balaban J connectivity index is 3.28. The summed E-state index contributed by atoms with van der Waals surface area (Å²) in [7, 11) is 0. The number of anilines is 1. The van der Waals surface area contributed by atoms with Crippen molar-refractivity contribution in [3.8, 4) is 0 Å². The molecule has 0 amide bonds. The number of rotatable bonds is 1. The lowest BCUT2D eigenvalue weighted by Crippen LogP contribution is -2.26. The number of hydrogen-bond donors (Lipinski definition) is 1. The lowest BCUT2D eigenvalue weighted by atomic mass is 10.4. The second kappa shape index (κ2) is 2.74. The molecule has 0 fully saturated rings. The van der Waals surface area contributed by atoms with Crippen LogP contribution in [0.1, 0.15) is 19.9 Å². The summed E-state index contributed by atoms with van der Waals surface area (Å²) in [6.07, 6.45) is 1.52. The van der Waals surface area contributed by atoms with Crippen molar-refractivity contribution in [2.24, 2.45) is 0 Å². The summed E-state index contributed by atoms with van der Waals surface area (Å²) in [4.78, 5) is 11.2. The fourth-order valence-corrected chi connectivity index (χ4v) is 0.809. The van der Waals surface area contributed by atoms with Gasteiger partial charge in [0.15, 0.2) is 0 Å². The minimum atomic E-state index is -0.220. The van der Waals surface area contributed by atoms with E-state index in [0.29, 0.717) is 0 Å². The number of aromatic nitrogens is 2. The van der Waals surface area contributed by atoms with Crippen molar-refractivity contribution in [3.05, 3.63) is 22.6 Å². The van der Waals surface area contributed by atoms with Gasteiger partial charge >= 0.3 is 0 Å². The minimum Gasteiger partial charge on any atom is -0.394 e. The summed E-state index contributed by atoms with van der Waals surface area (Å²) in [6, 6.07) is 1.56. The summed E-state index contributed by atoms with van der Waals surface area (Å²) >= 11 is 0. The van der Waals surface area contributed by atoms with Gasteiger partial charge in [-0.15, -0.1) is 0 Å². The summed E-state index contributed by atoms with van der Waals surface area (Å²) in [6.45, 7) is 3.77. The molecule has 0 aliphatic carbocycles. The molecule has 0 radical (unpaired) electrons. The first-order valence-electron chi connectivity index (χ1n) is 3.46. The Kier molecular flexibility index (Phi) is 1.94. The predicted molar refractivity (Wildman–Crippen MR) is 43.3 cm³/mol. The van der Waals surface area contributed by atoms with Gasteiger partial charge in [-0.1, -0.05) is 0 Å². The molecular weight excluding hydrogens is 142 g/mol. The van der Waals surface area contributed by atoms with E-state index in [1.807, 2.05) is 13.8 Å². The van der Waals surface area contributed by atoms with Crippen LogP contribution in [0, 0.1) is 0 Å². The topological polar surface area (TPSA) is 60.9 Å². The van der Waals surface area contributed by atoms with E-state index in [1.54, 1.807) is 0 Å². The Labute approximate surface area is 64.6 Å². The SMILES string of the molecule is CC(C)n1nccc(N)c1=O. The molecule has 1 aromatic heterocycles. The number of nitrogen functional groups attached to an aromatic ring is 1. The Morgan fingerprint density at radius 1 is 1.64 bits per heavy atom. The van der Waals surface area contributed by atoms with Crippen molar-refractivity contribution in [3.63, 3.8) is 0 Å². The first-order chi connectivity index (χ1) is 5.13. The molecule has 0 unspecified atom stereocenters. The van der Waals surface area contributed by atoms with Gasteiger partial charge in [-0.25, -0.2) is 4.68 Å². The summed E-state index contributed by atoms with van der Waals surface area (Å²) in [5, 5.41) is 3.86. The van der Waals surface area contributed by atoms with Crippen LogP contribution in [0.3, 0.4) is 0 Å². The number of hydrogen-bond acceptors (Lipinski definition) is 3. The monoisotopic (exact) mass is 153 g/mol. The molecule has 0 saturated carbocycles. The molecule has 0 aromatic carbocycles. The van der Waals surface area contributed by atoms with E-state index in [2.05, 4.69) is 5.10 Å². The third-order valence-corrected chi connectivity index (χ3v) is 1.39. The molecule has 4 heteroatoms. The molecule has 2 N–H and O–H groups in total. The van der Waals surface area contributed by atoms with Crippen LogP contribution in [0.2, 0.25) is 0 Å². The Morgan fingerprint density at radius 2 is 2.27 bits per heavy atom. The average molecular weight is 153 g/mol. The van der Waals surface area contributed by atoms with Crippen LogP contribution in [0.5, 0.6) is 0 Å². The van der Waals surface area contributed by atoms with Gasteiger partial charge in [-0.3, -0.25) is 4.79 Å². The molecule has 0 aliphatic rings. The van der Waals surface area contributed by atoms with E-state index in [1.165, 1.54) is 16.9 Å². The van der Waals surface area contributed by atoms with Gasteiger partial charge in [0, 0.05) is 6.20 Å². The van der Waals surface area contributed by atoms with E-state index < -0.39 is 0 Å². The van der Waals surface area contributed by atoms with E-state index in [-0.39, 0.29) is 17.3 Å². The van der Waals surface area contributed by atoms with E-state index >= 15 is 0 Å². The summed E-state index contributed by atoms with van der Waals surface area (Å²) < 4.78 is 1.36. The van der Waals surface area contributed by atoms with E-state index in [0.717, 1.165) is 0 Å². The zero-order chi connectivity index (χ0) is 8.43. The zero-order valence-electron chi connectivity index (χ0n) is 6.61. The Morgan fingerprint density at radius 3 is 2.73 bits per heavy atom. The van der Waals surface area contributed by atoms with Gasteiger partial charge in [0.25, 0.3) is 5.56 Å². The smallest absolute Gasteiger partial charge is 0.290 e. The van der Waals surface area contributed by atoms with Gasteiger partial charge in [0.05, 0.1) is 6.04 Å². The van der Waals surface area contributed by atoms with Crippen LogP contribution in [-0.4, -0.2) is 9.78 Å². The van der Waals surface area contributed by atoms with Crippen LogP contribution in [0.4, 0.5) is 5.69 Å². The molecule has 11 heavy (non-hydrogen) atoms. The molecule has 0 aliphatic heterocycles. The molecule has 1 aromatic rings. The maximum Gasteiger partial charge on any atom is 0.290 e. The third-order valence-electron chi connectivity index (χ3n) is 1.39. The lowest BCUT2D eigenvalue weighted by Gasteiger charge is -2.06. The highest BCUT2D eigenvalue weighted by atomic mass is 16.1. The normalized spacial score (nSPS) is 10.5. The van der Waals surface area contributed by atoms with Crippen molar-refractivity contribution < 1.29 is 0 Å². The standard InChI is InChI=1S/C7H11N3O/c1-5(2)10-7(11)6(8)3-4-9-10/h3-5H,8H2,1-2H3. The second-order valence-corrected chi connectivity index (χ2v) is 2.63. The number of nitrogens with zero attached hydrogens (tertiary/aromatic N) is 2. The molecular formula is C7H11N3O. The molecule has 0 atom stereocenters. The molecule has 0 bridgehead atoms. The Bertz CT molecular complexity index is 303. The van der Waals surface area contributed by atoms with Crippen LogP contribution >= 0.6 is 0 Å². The van der Waals surface area contributed by atoms with Gasteiger partial charge in [-0.05, 0) is 19.9 Å². The lowest BCUT2D eigenvalue weighted by molar-refractivity contribution is 0.504. The van der Waals surface area contributed by atoms with Gasteiger partial charge < -0.3 is 5.73 Å². The van der Waals surface area contributed by atoms with Gasteiger partial charge in [0.1, 0.15) is 5.69 Å². The minimum absolute atomic E-state index is 0.0611. The zero-order valence-corrected chi connectivity index (χ0v) is 6.61. The Hall–Kier alpha value is -1.32. The highest BCUT2D eigenvalue weighted by molar-refractivity contribution is 5.31. The van der Waals surface area contributed by atoms with Crippen LogP contribution in [-0.2, 0) is 0 Å².